The predicted molar refractivity (Wildman–Crippen MR) is 142 cm³/mol. The van der Waals surface area contributed by atoms with Gasteiger partial charge in [-0.1, -0.05) is 57.9 Å². The van der Waals surface area contributed by atoms with Crippen molar-refractivity contribution in [2.75, 3.05) is 31.1 Å². The van der Waals surface area contributed by atoms with Crippen LogP contribution < -0.4 is 16.1 Å². The average Bonchev–Trinajstić information content (AvgIpc) is 3.22. The molecule has 1 aliphatic rings. The number of nitrogens with zero attached hydrogens (tertiary/aromatic N) is 6. The van der Waals surface area contributed by atoms with Crippen molar-refractivity contribution in [3.8, 4) is 0 Å². The van der Waals surface area contributed by atoms with Gasteiger partial charge in [-0.05, 0) is 30.2 Å². The summed E-state index contributed by atoms with van der Waals surface area (Å²) in [6.07, 6.45) is 0. The molecule has 4 aromatic rings. The Balaban J connectivity index is 1.49. The summed E-state index contributed by atoms with van der Waals surface area (Å²) in [5.41, 5.74) is 3.83. The fraction of sp³-hybridized carbons (Fsp3) is 0.346. The Morgan fingerprint density at radius 2 is 1.60 bits per heavy atom. The van der Waals surface area contributed by atoms with Gasteiger partial charge >= 0.3 is 5.69 Å². The van der Waals surface area contributed by atoms with Crippen molar-refractivity contribution in [2.24, 2.45) is 14.1 Å². The summed E-state index contributed by atoms with van der Waals surface area (Å²) in [5.74, 6) is 0.733. The van der Waals surface area contributed by atoms with Gasteiger partial charge in [0.15, 0.2) is 11.2 Å². The molecule has 5 rings (SSSR count). The van der Waals surface area contributed by atoms with Crippen LogP contribution in [0.4, 0.5) is 5.95 Å². The van der Waals surface area contributed by atoms with Crippen molar-refractivity contribution in [3.63, 3.8) is 0 Å². The first-order valence-electron chi connectivity index (χ1n) is 11.8. The third-order valence-corrected chi connectivity index (χ3v) is 7.25. The Morgan fingerprint density at radius 1 is 0.886 bits per heavy atom. The number of aryl methyl sites for hydroxylation is 2. The van der Waals surface area contributed by atoms with Crippen molar-refractivity contribution in [1.82, 2.24) is 23.6 Å². The highest BCUT2D eigenvalue weighted by Gasteiger charge is 2.26. The molecule has 0 spiro atoms. The van der Waals surface area contributed by atoms with Crippen LogP contribution in [0.1, 0.15) is 16.7 Å². The second kappa shape index (κ2) is 9.47. The number of halogens is 1. The van der Waals surface area contributed by atoms with E-state index in [0.29, 0.717) is 17.7 Å². The van der Waals surface area contributed by atoms with E-state index < -0.39 is 0 Å². The highest BCUT2D eigenvalue weighted by atomic mass is 79.9. The molecule has 0 saturated carbocycles. The van der Waals surface area contributed by atoms with E-state index in [9.17, 15) is 9.59 Å². The van der Waals surface area contributed by atoms with Crippen LogP contribution in [0.3, 0.4) is 0 Å². The third-order valence-electron chi connectivity index (χ3n) is 6.73. The summed E-state index contributed by atoms with van der Waals surface area (Å²) in [5, 5.41) is 0. The maximum Gasteiger partial charge on any atom is 0.332 e. The molecule has 1 fully saturated rings. The highest BCUT2D eigenvalue weighted by molar-refractivity contribution is 9.10. The van der Waals surface area contributed by atoms with Crippen LogP contribution in [0, 0.1) is 6.92 Å². The minimum Gasteiger partial charge on any atom is -0.340 e. The number of piperazine rings is 1. The van der Waals surface area contributed by atoms with Crippen molar-refractivity contribution >= 4 is 33.0 Å². The van der Waals surface area contributed by atoms with E-state index in [1.165, 1.54) is 22.7 Å². The Labute approximate surface area is 212 Å². The first-order valence-corrected chi connectivity index (χ1v) is 12.5. The third kappa shape index (κ3) is 4.58. The normalized spacial score (nSPS) is 14.7. The van der Waals surface area contributed by atoms with E-state index >= 15 is 0 Å². The van der Waals surface area contributed by atoms with E-state index in [4.69, 9.17) is 4.98 Å². The van der Waals surface area contributed by atoms with Gasteiger partial charge in [0.2, 0.25) is 5.95 Å². The average molecular weight is 537 g/mol. The fourth-order valence-corrected chi connectivity index (χ4v) is 5.04. The van der Waals surface area contributed by atoms with Gasteiger partial charge in [-0.3, -0.25) is 23.4 Å². The minimum atomic E-state index is -0.370. The summed E-state index contributed by atoms with van der Waals surface area (Å²) in [7, 11) is 3.19. The molecular weight excluding hydrogens is 508 g/mol. The molecule has 0 aliphatic carbocycles. The molecule has 0 unspecified atom stereocenters. The zero-order valence-corrected chi connectivity index (χ0v) is 21.8. The number of hydrogen-bond acceptors (Lipinski definition) is 5. The van der Waals surface area contributed by atoms with Crippen molar-refractivity contribution in [3.05, 3.63) is 90.5 Å². The van der Waals surface area contributed by atoms with Gasteiger partial charge < -0.3 is 4.90 Å². The zero-order valence-electron chi connectivity index (χ0n) is 20.2. The lowest BCUT2D eigenvalue weighted by molar-refractivity contribution is 0.248. The maximum absolute atomic E-state index is 13.2. The first-order chi connectivity index (χ1) is 16.8. The summed E-state index contributed by atoms with van der Waals surface area (Å²) in [6, 6.07) is 16.7. The number of fused-ring (bicyclic) bond motifs is 1. The maximum atomic E-state index is 13.2. The summed E-state index contributed by atoms with van der Waals surface area (Å²) >= 11 is 3.49. The molecule has 1 saturated heterocycles. The SMILES string of the molecule is Cc1cccc(CN2CCN(c3nc4c(c(=O)n(C)c(=O)n4C)n3Cc3ccc(Br)cc3)CC2)c1. The molecule has 1 aliphatic heterocycles. The molecule has 0 N–H and O–H groups in total. The molecule has 2 aromatic heterocycles. The standard InChI is InChI=1S/C26H29BrN6O2/c1-18-5-4-6-20(15-18)16-31-11-13-32(14-12-31)25-28-23-22(24(34)30(3)26(35)29(23)2)33(25)17-19-7-9-21(27)10-8-19/h4-10,15H,11-14,16-17H2,1-3H3. The Kier molecular flexibility index (Phi) is 6.37. The topological polar surface area (TPSA) is 68.3 Å². The number of anilines is 1. The van der Waals surface area contributed by atoms with E-state index in [1.54, 1.807) is 7.05 Å². The summed E-state index contributed by atoms with van der Waals surface area (Å²) in [4.78, 5) is 35.3. The van der Waals surface area contributed by atoms with E-state index in [-0.39, 0.29) is 11.2 Å². The zero-order chi connectivity index (χ0) is 24.7. The van der Waals surface area contributed by atoms with Crippen molar-refractivity contribution in [1.29, 1.82) is 0 Å². The second-order valence-corrected chi connectivity index (χ2v) is 10.2. The number of imidazole rings is 1. The molecule has 3 heterocycles. The predicted octanol–water partition coefficient (Wildman–Crippen LogP) is 2.88. The van der Waals surface area contributed by atoms with Gasteiger partial charge in [-0.25, -0.2) is 4.79 Å². The molecule has 0 amide bonds. The van der Waals surface area contributed by atoms with E-state index in [2.05, 4.69) is 56.9 Å². The summed E-state index contributed by atoms with van der Waals surface area (Å²) in [6.45, 7) is 6.91. The van der Waals surface area contributed by atoms with Crippen LogP contribution >= 0.6 is 15.9 Å². The van der Waals surface area contributed by atoms with Crippen LogP contribution in [0.15, 0.2) is 62.6 Å². The van der Waals surface area contributed by atoms with Crippen LogP contribution in [0.2, 0.25) is 0 Å². The minimum absolute atomic E-state index is 0.322. The van der Waals surface area contributed by atoms with Gasteiger partial charge in [-0.2, -0.15) is 4.98 Å². The van der Waals surface area contributed by atoms with Crippen LogP contribution in [0.25, 0.3) is 11.2 Å². The quantitative estimate of drug-likeness (QED) is 0.392. The van der Waals surface area contributed by atoms with Crippen LogP contribution in [-0.2, 0) is 27.2 Å². The molecule has 8 nitrogen and oxygen atoms in total. The lowest BCUT2D eigenvalue weighted by Gasteiger charge is -2.35. The lowest BCUT2D eigenvalue weighted by Crippen LogP contribution is -2.47. The highest BCUT2D eigenvalue weighted by Crippen LogP contribution is 2.24. The molecule has 0 atom stereocenters. The molecule has 182 valence electrons. The monoisotopic (exact) mass is 536 g/mol. The van der Waals surface area contributed by atoms with Crippen molar-refractivity contribution in [2.45, 2.75) is 20.0 Å². The van der Waals surface area contributed by atoms with Crippen molar-refractivity contribution < 1.29 is 0 Å². The van der Waals surface area contributed by atoms with Crippen LogP contribution in [0.5, 0.6) is 0 Å². The molecule has 9 heteroatoms. The second-order valence-electron chi connectivity index (χ2n) is 9.25. The number of hydrogen-bond donors (Lipinski definition) is 0. The van der Waals surface area contributed by atoms with Gasteiger partial charge in [0.25, 0.3) is 5.56 Å². The first kappa shape index (κ1) is 23.6. The largest absolute Gasteiger partial charge is 0.340 e. The Hall–Kier alpha value is -3.17. The van der Waals surface area contributed by atoms with E-state index in [0.717, 1.165) is 53.3 Å². The molecule has 0 radical (unpaired) electrons. The number of rotatable bonds is 5. The Morgan fingerprint density at radius 3 is 2.29 bits per heavy atom. The number of aromatic nitrogens is 4. The van der Waals surface area contributed by atoms with E-state index in [1.807, 2.05) is 28.8 Å². The van der Waals surface area contributed by atoms with Gasteiger partial charge in [0, 0.05) is 51.3 Å². The van der Waals surface area contributed by atoms with Gasteiger partial charge in [0.1, 0.15) is 0 Å². The molecule has 2 aromatic carbocycles. The Bertz CT molecular complexity index is 1490. The lowest BCUT2D eigenvalue weighted by atomic mass is 10.1. The fourth-order valence-electron chi connectivity index (χ4n) is 4.77. The number of benzene rings is 2. The van der Waals surface area contributed by atoms with Gasteiger partial charge in [-0.15, -0.1) is 0 Å². The molecular formula is C26H29BrN6O2. The van der Waals surface area contributed by atoms with Gasteiger partial charge in [0.05, 0.1) is 6.54 Å². The molecule has 0 bridgehead atoms. The van der Waals surface area contributed by atoms with Crippen LogP contribution in [-0.4, -0.2) is 49.8 Å². The smallest absolute Gasteiger partial charge is 0.332 e. The summed E-state index contributed by atoms with van der Waals surface area (Å²) < 4.78 is 5.59. The molecule has 35 heavy (non-hydrogen) atoms.